The highest BCUT2D eigenvalue weighted by molar-refractivity contribution is 4.85. The Bertz CT molecular complexity index is 139. The molecule has 3 nitrogen and oxygen atoms in total. The zero-order chi connectivity index (χ0) is 10.2. The van der Waals surface area contributed by atoms with Crippen molar-refractivity contribution >= 4 is 0 Å². The van der Waals surface area contributed by atoms with Crippen LogP contribution in [-0.4, -0.2) is 31.8 Å². The Balaban J connectivity index is 3.73. The van der Waals surface area contributed by atoms with E-state index in [1.165, 1.54) is 0 Å². The second-order valence-electron chi connectivity index (χ2n) is 3.41. The van der Waals surface area contributed by atoms with Gasteiger partial charge in [-0.05, 0) is 26.8 Å². The fourth-order valence-electron chi connectivity index (χ4n) is 0.985. The van der Waals surface area contributed by atoms with Crippen LogP contribution in [0.2, 0.25) is 0 Å². The van der Waals surface area contributed by atoms with Gasteiger partial charge < -0.3 is 15.8 Å². The van der Waals surface area contributed by atoms with Crippen molar-refractivity contribution < 1.29 is 4.74 Å². The summed E-state index contributed by atoms with van der Waals surface area (Å²) in [6.45, 7) is 10.6. The van der Waals surface area contributed by atoms with Gasteiger partial charge in [-0.3, -0.25) is 0 Å². The zero-order valence-electron chi connectivity index (χ0n) is 8.81. The van der Waals surface area contributed by atoms with Gasteiger partial charge in [0.15, 0.2) is 0 Å². The molecule has 1 atom stereocenters. The quantitative estimate of drug-likeness (QED) is 0.437. The van der Waals surface area contributed by atoms with Gasteiger partial charge in [-0.2, -0.15) is 0 Å². The van der Waals surface area contributed by atoms with E-state index < -0.39 is 0 Å². The topological polar surface area (TPSA) is 47.3 Å². The molecule has 0 rings (SSSR count). The lowest BCUT2D eigenvalue weighted by molar-refractivity contribution is 0.0880. The van der Waals surface area contributed by atoms with E-state index in [9.17, 15) is 0 Å². The van der Waals surface area contributed by atoms with Crippen LogP contribution in [-0.2, 0) is 4.74 Å². The number of rotatable bonds is 8. The lowest BCUT2D eigenvalue weighted by atomic mass is 10.0. The molecule has 0 saturated carbocycles. The van der Waals surface area contributed by atoms with E-state index in [1.807, 2.05) is 13.0 Å². The largest absolute Gasteiger partial charge is 0.380 e. The van der Waals surface area contributed by atoms with Crippen LogP contribution >= 0.6 is 0 Å². The summed E-state index contributed by atoms with van der Waals surface area (Å²) in [4.78, 5) is 0. The highest BCUT2D eigenvalue weighted by atomic mass is 16.5. The van der Waals surface area contributed by atoms with Crippen molar-refractivity contribution in [2.24, 2.45) is 5.73 Å². The molecule has 0 saturated heterocycles. The first-order valence-electron chi connectivity index (χ1n) is 4.82. The van der Waals surface area contributed by atoms with Gasteiger partial charge in [0, 0.05) is 13.2 Å². The third-order valence-electron chi connectivity index (χ3n) is 1.98. The molecule has 0 aliphatic heterocycles. The van der Waals surface area contributed by atoms with Gasteiger partial charge in [0.05, 0.1) is 12.1 Å². The van der Waals surface area contributed by atoms with Gasteiger partial charge in [0.1, 0.15) is 0 Å². The van der Waals surface area contributed by atoms with E-state index in [-0.39, 0.29) is 5.54 Å². The average Bonchev–Trinajstić information content (AvgIpc) is 2.15. The summed E-state index contributed by atoms with van der Waals surface area (Å²) in [5.41, 5.74) is 5.56. The minimum atomic E-state index is -0.0982. The van der Waals surface area contributed by atoms with Crippen molar-refractivity contribution in [1.82, 2.24) is 5.32 Å². The highest BCUT2D eigenvalue weighted by Crippen LogP contribution is 2.02. The van der Waals surface area contributed by atoms with Crippen LogP contribution in [0.1, 0.15) is 20.3 Å². The van der Waals surface area contributed by atoms with E-state index in [2.05, 4.69) is 18.8 Å². The van der Waals surface area contributed by atoms with Gasteiger partial charge in [-0.25, -0.2) is 0 Å². The van der Waals surface area contributed by atoms with Crippen molar-refractivity contribution in [1.29, 1.82) is 0 Å². The summed E-state index contributed by atoms with van der Waals surface area (Å²) in [6, 6.07) is 0. The summed E-state index contributed by atoms with van der Waals surface area (Å²) >= 11 is 0. The van der Waals surface area contributed by atoms with E-state index in [0.29, 0.717) is 13.2 Å². The third kappa shape index (κ3) is 5.80. The van der Waals surface area contributed by atoms with Crippen LogP contribution in [0.15, 0.2) is 12.7 Å². The molecule has 3 heteroatoms. The normalized spacial score (nSPS) is 15.3. The molecule has 0 aromatic heterocycles. The summed E-state index contributed by atoms with van der Waals surface area (Å²) in [6.07, 6.45) is 2.85. The highest BCUT2D eigenvalue weighted by Gasteiger charge is 2.20. The third-order valence-corrected chi connectivity index (χ3v) is 1.98. The monoisotopic (exact) mass is 186 g/mol. The Labute approximate surface area is 81.3 Å². The van der Waals surface area contributed by atoms with Crippen LogP contribution < -0.4 is 11.1 Å². The molecule has 13 heavy (non-hydrogen) atoms. The van der Waals surface area contributed by atoms with Crippen molar-refractivity contribution in [2.45, 2.75) is 25.8 Å². The minimum absolute atomic E-state index is 0.0982. The molecule has 78 valence electrons. The minimum Gasteiger partial charge on any atom is -0.380 e. The summed E-state index contributed by atoms with van der Waals surface area (Å²) in [5.74, 6) is 0. The molecule has 0 aliphatic carbocycles. The SMILES string of the molecule is C=CCCNC(C)(CN)COCC. The Morgan fingerprint density at radius 2 is 2.31 bits per heavy atom. The summed E-state index contributed by atoms with van der Waals surface area (Å²) in [7, 11) is 0. The first kappa shape index (κ1) is 12.6. The molecule has 0 aromatic rings. The van der Waals surface area contributed by atoms with Gasteiger partial charge in [0.2, 0.25) is 0 Å². The van der Waals surface area contributed by atoms with E-state index in [1.54, 1.807) is 0 Å². The Morgan fingerprint density at radius 3 is 2.77 bits per heavy atom. The predicted octanol–water partition coefficient (Wildman–Crippen LogP) is 0.906. The van der Waals surface area contributed by atoms with Crippen LogP contribution in [0.4, 0.5) is 0 Å². The van der Waals surface area contributed by atoms with E-state index in [4.69, 9.17) is 10.5 Å². The standard InChI is InChI=1S/C10H22N2O/c1-4-6-7-12-10(3,8-11)9-13-5-2/h4,12H,1,5-9,11H2,2-3H3. The van der Waals surface area contributed by atoms with Crippen LogP contribution in [0, 0.1) is 0 Å². The lowest BCUT2D eigenvalue weighted by Gasteiger charge is -2.28. The van der Waals surface area contributed by atoms with Gasteiger partial charge >= 0.3 is 0 Å². The van der Waals surface area contributed by atoms with Crippen molar-refractivity contribution in [3.63, 3.8) is 0 Å². The molecule has 0 spiro atoms. The van der Waals surface area contributed by atoms with Crippen LogP contribution in [0.5, 0.6) is 0 Å². The van der Waals surface area contributed by atoms with Gasteiger partial charge in [-0.1, -0.05) is 6.08 Å². The van der Waals surface area contributed by atoms with Crippen molar-refractivity contribution in [3.05, 3.63) is 12.7 Å². The molecule has 0 heterocycles. The number of hydrogen-bond acceptors (Lipinski definition) is 3. The number of hydrogen-bond donors (Lipinski definition) is 2. The average molecular weight is 186 g/mol. The summed E-state index contributed by atoms with van der Waals surface area (Å²) in [5, 5.41) is 3.36. The fraction of sp³-hybridized carbons (Fsp3) is 0.800. The molecule has 3 N–H and O–H groups in total. The molecule has 0 aliphatic rings. The van der Waals surface area contributed by atoms with Gasteiger partial charge in [0.25, 0.3) is 0 Å². The first-order chi connectivity index (χ1) is 6.18. The molecule has 0 aromatic carbocycles. The number of ether oxygens (including phenoxy) is 1. The molecule has 0 bridgehead atoms. The van der Waals surface area contributed by atoms with E-state index in [0.717, 1.165) is 19.6 Å². The second-order valence-corrected chi connectivity index (χ2v) is 3.41. The maximum absolute atomic E-state index is 5.66. The number of nitrogens with one attached hydrogen (secondary N) is 1. The Hall–Kier alpha value is -0.380. The fourth-order valence-corrected chi connectivity index (χ4v) is 0.985. The second kappa shape index (κ2) is 7.06. The lowest BCUT2D eigenvalue weighted by Crippen LogP contribution is -2.52. The zero-order valence-corrected chi connectivity index (χ0v) is 8.81. The Kier molecular flexibility index (Phi) is 6.86. The first-order valence-corrected chi connectivity index (χ1v) is 4.82. The summed E-state index contributed by atoms with van der Waals surface area (Å²) < 4.78 is 5.35. The maximum Gasteiger partial charge on any atom is 0.0657 e. The van der Waals surface area contributed by atoms with Crippen LogP contribution in [0.25, 0.3) is 0 Å². The smallest absolute Gasteiger partial charge is 0.0657 e. The molecular formula is C10H22N2O. The molecule has 1 unspecified atom stereocenters. The van der Waals surface area contributed by atoms with E-state index >= 15 is 0 Å². The van der Waals surface area contributed by atoms with Crippen molar-refractivity contribution in [2.75, 3.05) is 26.3 Å². The van der Waals surface area contributed by atoms with Crippen molar-refractivity contribution in [3.8, 4) is 0 Å². The number of nitrogens with two attached hydrogens (primary N) is 1. The molecule has 0 amide bonds. The predicted molar refractivity (Wildman–Crippen MR) is 56.8 cm³/mol. The molecule has 0 radical (unpaired) electrons. The van der Waals surface area contributed by atoms with Crippen LogP contribution in [0.3, 0.4) is 0 Å². The maximum atomic E-state index is 5.66. The Morgan fingerprint density at radius 1 is 1.62 bits per heavy atom. The van der Waals surface area contributed by atoms with Gasteiger partial charge in [-0.15, -0.1) is 6.58 Å². The molecule has 0 fully saturated rings. The molecular weight excluding hydrogens is 164 g/mol.